The van der Waals surface area contributed by atoms with Crippen molar-refractivity contribution in [3.8, 4) is 11.1 Å². The molecule has 0 radical (unpaired) electrons. The average molecular weight is 266 g/mol. The molecule has 2 rings (SSSR count). The van der Waals surface area contributed by atoms with Crippen LogP contribution in [-0.4, -0.2) is 0 Å². The summed E-state index contributed by atoms with van der Waals surface area (Å²) in [7, 11) is 0. The van der Waals surface area contributed by atoms with Crippen molar-refractivity contribution in [1.29, 1.82) is 0 Å². The Hall–Kier alpha value is -1.56. The Balaban J connectivity index is 2.52. The molecule has 0 heteroatoms. The highest BCUT2D eigenvalue weighted by atomic mass is 14.3. The van der Waals surface area contributed by atoms with E-state index in [2.05, 4.69) is 82.3 Å². The molecule has 0 aliphatic heterocycles. The summed E-state index contributed by atoms with van der Waals surface area (Å²) in [5.41, 5.74) is 4.45. The lowest BCUT2D eigenvalue weighted by Crippen LogP contribution is -2.24. The summed E-state index contributed by atoms with van der Waals surface area (Å²) in [5.74, 6) is 0.712. The zero-order valence-corrected chi connectivity index (χ0v) is 13.2. The van der Waals surface area contributed by atoms with Gasteiger partial charge in [0, 0.05) is 0 Å². The Morgan fingerprint density at radius 2 is 1.50 bits per heavy atom. The summed E-state index contributed by atoms with van der Waals surface area (Å²) in [4.78, 5) is 0. The van der Waals surface area contributed by atoms with Crippen LogP contribution in [0.3, 0.4) is 0 Å². The Labute approximate surface area is 123 Å². The van der Waals surface area contributed by atoms with Crippen LogP contribution < -0.4 is 0 Å². The van der Waals surface area contributed by atoms with Gasteiger partial charge in [-0.05, 0) is 40.9 Å². The van der Waals surface area contributed by atoms with Crippen molar-refractivity contribution in [1.82, 2.24) is 0 Å². The van der Waals surface area contributed by atoms with Crippen LogP contribution >= 0.6 is 0 Å². The number of benzene rings is 2. The van der Waals surface area contributed by atoms with Gasteiger partial charge in [-0.15, -0.1) is 0 Å². The Bertz CT molecular complexity index is 539. The van der Waals surface area contributed by atoms with E-state index in [0.717, 1.165) is 0 Å². The summed E-state index contributed by atoms with van der Waals surface area (Å²) < 4.78 is 0. The first-order valence-corrected chi connectivity index (χ1v) is 7.72. The largest absolute Gasteiger partial charge is 0.0645 e. The van der Waals surface area contributed by atoms with Gasteiger partial charge in [0.1, 0.15) is 0 Å². The van der Waals surface area contributed by atoms with Crippen molar-refractivity contribution >= 4 is 0 Å². The number of hydrogen-bond acceptors (Lipinski definition) is 0. The van der Waals surface area contributed by atoms with Crippen molar-refractivity contribution in [2.75, 3.05) is 0 Å². The van der Waals surface area contributed by atoms with Gasteiger partial charge in [0.25, 0.3) is 0 Å². The van der Waals surface area contributed by atoms with Crippen molar-refractivity contribution in [3.63, 3.8) is 0 Å². The molecule has 0 bridgehead atoms. The summed E-state index contributed by atoms with van der Waals surface area (Å²) >= 11 is 0. The molecule has 0 saturated carbocycles. The van der Waals surface area contributed by atoms with Crippen molar-refractivity contribution in [3.05, 3.63) is 60.2 Å². The lowest BCUT2D eigenvalue weighted by atomic mass is 9.72. The minimum atomic E-state index is 0.251. The Morgan fingerprint density at radius 3 is 2.10 bits per heavy atom. The van der Waals surface area contributed by atoms with E-state index in [1.165, 1.54) is 29.5 Å². The summed E-state index contributed by atoms with van der Waals surface area (Å²) in [6.07, 6.45) is 2.41. The van der Waals surface area contributed by atoms with E-state index in [1.54, 1.807) is 0 Å². The maximum Gasteiger partial charge on any atom is -0.00693 e. The zero-order chi connectivity index (χ0) is 14.6. The summed E-state index contributed by atoms with van der Waals surface area (Å²) in [6, 6.07) is 19.7. The van der Waals surface area contributed by atoms with Crippen LogP contribution in [0.1, 0.15) is 46.1 Å². The van der Waals surface area contributed by atoms with Crippen LogP contribution in [0.15, 0.2) is 54.6 Å². The molecular formula is C20H26. The third-order valence-electron chi connectivity index (χ3n) is 4.30. The van der Waals surface area contributed by atoms with Gasteiger partial charge in [-0.2, -0.15) is 0 Å². The molecule has 2 aromatic carbocycles. The highest BCUT2D eigenvalue weighted by Crippen LogP contribution is 2.39. The van der Waals surface area contributed by atoms with Crippen LogP contribution in [0.5, 0.6) is 0 Å². The second-order valence-electron chi connectivity index (χ2n) is 6.42. The van der Waals surface area contributed by atoms with Crippen molar-refractivity contribution < 1.29 is 0 Å². The van der Waals surface area contributed by atoms with E-state index in [9.17, 15) is 0 Å². The van der Waals surface area contributed by atoms with Gasteiger partial charge in [0.15, 0.2) is 0 Å². The predicted molar refractivity (Wildman–Crippen MR) is 89.0 cm³/mol. The van der Waals surface area contributed by atoms with Gasteiger partial charge in [0.05, 0.1) is 0 Å². The fourth-order valence-corrected chi connectivity index (χ4v) is 3.22. The zero-order valence-electron chi connectivity index (χ0n) is 13.2. The maximum absolute atomic E-state index is 2.41. The van der Waals surface area contributed by atoms with E-state index in [4.69, 9.17) is 0 Å². The molecule has 0 heterocycles. The highest BCUT2D eigenvalue weighted by molar-refractivity contribution is 5.68. The minimum absolute atomic E-state index is 0.251. The Morgan fingerprint density at radius 1 is 0.900 bits per heavy atom. The van der Waals surface area contributed by atoms with Gasteiger partial charge in [-0.3, -0.25) is 0 Å². The van der Waals surface area contributed by atoms with Crippen LogP contribution in [-0.2, 0) is 5.41 Å². The first-order valence-electron chi connectivity index (χ1n) is 7.72. The molecule has 0 N–H and O–H groups in total. The van der Waals surface area contributed by atoms with E-state index in [1.807, 2.05) is 0 Å². The fraction of sp³-hybridized carbons (Fsp3) is 0.400. The molecule has 2 aromatic rings. The smallest absolute Gasteiger partial charge is 0.00693 e. The highest BCUT2D eigenvalue weighted by Gasteiger charge is 2.28. The normalized spacial score (nSPS) is 14.2. The van der Waals surface area contributed by atoms with Crippen LogP contribution in [0.4, 0.5) is 0 Å². The standard InChI is InChI=1S/C20H26/c1-5-20(4,15-16(2)3)19-14-10-9-13-18(19)17-11-7-6-8-12-17/h6-14,16H,5,15H2,1-4H3. The second kappa shape index (κ2) is 6.26. The molecule has 0 aliphatic carbocycles. The average Bonchev–Trinajstić information content (AvgIpc) is 2.47. The van der Waals surface area contributed by atoms with Crippen LogP contribution in [0.25, 0.3) is 11.1 Å². The van der Waals surface area contributed by atoms with E-state index >= 15 is 0 Å². The van der Waals surface area contributed by atoms with Crippen molar-refractivity contribution in [2.24, 2.45) is 5.92 Å². The molecule has 0 spiro atoms. The fourth-order valence-electron chi connectivity index (χ4n) is 3.22. The molecule has 0 saturated heterocycles. The summed E-state index contributed by atoms with van der Waals surface area (Å²) in [5, 5.41) is 0. The van der Waals surface area contributed by atoms with Crippen LogP contribution in [0.2, 0.25) is 0 Å². The van der Waals surface area contributed by atoms with Crippen molar-refractivity contribution in [2.45, 2.75) is 46.0 Å². The third-order valence-corrected chi connectivity index (χ3v) is 4.30. The lowest BCUT2D eigenvalue weighted by molar-refractivity contribution is 0.358. The quantitative estimate of drug-likeness (QED) is 0.616. The third kappa shape index (κ3) is 3.12. The molecule has 0 amide bonds. The molecule has 106 valence electrons. The van der Waals surface area contributed by atoms with Crippen LogP contribution in [0, 0.1) is 5.92 Å². The predicted octanol–water partition coefficient (Wildman–Crippen LogP) is 6.07. The first kappa shape index (κ1) is 14.8. The number of hydrogen-bond donors (Lipinski definition) is 0. The van der Waals surface area contributed by atoms with E-state index in [0.29, 0.717) is 5.92 Å². The van der Waals surface area contributed by atoms with E-state index in [-0.39, 0.29) is 5.41 Å². The molecule has 1 atom stereocenters. The van der Waals surface area contributed by atoms with Gasteiger partial charge < -0.3 is 0 Å². The lowest BCUT2D eigenvalue weighted by Gasteiger charge is -2.33. The van der Waals surface area contributed by atoms with Gasteiger partial charge in [0.2, 0.25) is 0 Å². The topological polar surface area (TPSA) is 0 Å². The molecule has 1 unspecified atom stereocenters. The number of rotatable bonds is 5. The van der Waals surface area contributed by atoms with Gasteiger partial charge in [-0.1, -0.05) is 82.3 Å². The molecular weight excluding hydrogens is 240 g/mol. The molecule has 20 heavy (non-hydrogen) atoms. The monoisotopic (exact) mass is 266 g/mol. The maximum atomic E-state index is 2.41. The summed E-state index contributed by atoms with van der Waals surface area (Å²) in [6.45, 7) is 9.36. The van der Waals surface area contributed by atoms with Gasteiger partial charge >= 0.3 is 0 Å². The first-order chi connectivity index (χ1) is 9.57. The minimum Gasteiger partial charge on any atom is -0.0645 e. The molecule has 0 nitrogen and oxygen atoms in total. The van der Waals surface area contributed by atoms with E-state index < -0.39 is 0 Å². The molecule has 0 aromatic heterocycles. The SMILES string of the molecule is CCC(C)(CC(C)C)c1ccccc1-c1ccccc1. The molecule has 0 aliphatic rings. The second-order valence-corrected chi connectivity index (χ2v) is 6.42. The Kier molecular flexibility index (Phi) is 4.65. The van der Waals surface area contributed by atoms with Gasteiger partial charge in [-0.25, -0.2) is 0 Å². The molecule has 0 fully saturated rings.